The lowest BCUT2D eigenvalue weighted by Gasteiger charge is -2.12. The fraction of sp³-hybridized carbons (Fsp3) is 0.227. The maximum absolute atomic E-state index is 6.53. The van der Waals surface area contributed by atoms with Crippen LogP contribution in [0.3, 0.4) is 0 Å². The van der Waals surface area contributed by atoms with Gasteiger partial charge in [0.15, 0.2) is 5.65 Å². The summed E-state index contributed by atoms with van der Waals surface area (Å²) in [5.74, 6) is 2.18. The minimum Gasteiger partial charge on any atom is -0.496 e. The number of methoxy groups -OCH3 is 1. The summed E-state index contributed by atoms with van der Waals surface area (Å²) < 4.78 is 7.27. The van der Waals surface area contributed by atoms with Gasteiger partial charge in [-0.05, 0) is 30.2 Å². The van der Waals surface area contributed by atoms with Gasteiger partial charge in [0, 0.05) is 12.1 Å². The average molecular weight is 388 g/mol. The summed E-state index contributed by atoms with van der Waals surface area (Å²) in [7, 11) is 1.64. The van der Waals surface area contributed by atoms with Gasteiger partial charge in [-0.2, -0.15) is 4.98 Å². The number of nitrogens with zero attached hydrogens (tertiary/aromatic N) is 4. The first-order valence-corrected chi connectivity index (χ1v) is 9.57. The number of ether oxygens (including phenoxy) is 1. The molecule has 0 unspecified atom stereocenters. The van der Waals surface area contributed by atoms with E-state index in [-0.39, 0.29) is 0 Å². The average Bonchev–Trinajstić information content (AvgIpc) is 3.08. The fourth-order valence-corrected chi connectivity index (χ4v) is 3.19. The molecule has 0 aliphatic rings. The SMILES string of the molecule is COc1ccccc1-c1nc(NCC(C)C)nc2nn(-c3ccccc3)c(N)c12. The topological polar surface area (TPSA) is 90.9 Å². The van der Waals surface area contributed by atoms with Crippen molar-refractivity contribution in [2.24, 2.45) is 5.92 Å². The highest BCUT2D eigenvalue weighted by molar-refractivity contribution is 6.00. The molecule has 0 aliphatic heterocycles. The third-order valence-electron chi connectivity index (χ3n) is 4.60. The number of rotatable bonds is 6. The molecule has 0 atom stereocenters. The van der Waals surface area contributed by atoms with Crippen molar-refractivity contribution in [2.45, 2.75) is 13.8 Å². The first-order chi connectivity index (χ1) is 14.1. The van der Waals surface area contributed by atoms with Crippen LogP contribution in [0.25, 0.3) is 28.0 Å². The van der Waals surface area contributed by atoms with Crippen molar-refractivity contribution in [3.05, 3.63) is 54.6 Å². The van der Waals surface area contributed by atoms with Crippen molar-refractivity contribution < 1.29 is 4.74 Å². The number of aromatic nitrogens is 4. The third kappa shape index (κ3) is 3.59. The van der Waals surface area contributed by atoms with E-state index in [1.165, 1.54) is 0 Å². The van der Waals surface area contributed by atoms with Crippen LogP contribution in [0.5, 0.6) is 5.75 Å². The molecule has 0 saturated carbocycles. The molecule has 7 nitrogen and oxygen atoms in total. The van der Waals surface area contributed by atoms with E-state index in [1.807, 2.05) is 54.6 Å². The van der Waals surface area contributed by atoms with Gasteiger partial charge < -0.3 is 15.8 Å². The second-order valence-corrected chi connectivity index (χ2v) is 7.20. The Morgan fingerprint density at radius 1 is 1.03 bits per heavy atom. The minimum absolute atomic E-state index is 0.455. The molecule has 3 N–H and O–H groups in total. The number of hydrogen-bond acceptors (Lipinski definition) is 6. The summed E-state index contributed by atoms with van der Waals surface area (Å²) >= 11 is 0. The van der Waals surface area contributed by atoms with Crippen LogP contribution in [0.2, 0.25) is 0 Å². The highest BCUT2D eigenvalue weighted by atomic mass is 16.5. The molecule has 148 valence electrons. The summed E-state index contributed by atoms with van der Waals surface area (Å²) in [4.78, 5) is 9.40. The maximum Gasteiger partial charge on any atom is 0.225 e. The molecule has 0 fully saturated rings. The van der Waals surface area contributed by atoms with E-state index in [0.717, 1.165) is 17.8 Å². The molecule has 0 aliphatic carbocycles. The molecular formula is C22H24N6O. The summed E-state index contributed by atoms with van der Waals surface area (Å²) in [6.07, 6.45) is 0. The molecule has 0 spiro atoms. The number of nitrogen functional groups attached to an aromatic ring is 1. The number of hydrogen-bond donors (Lipinski definition) is 2. The Bertz CT molecular complexity index is 1140. The number of nitrogens with one attached hydrogen (secondary N) is 1. The van der Waals surface area contributed by atoms with Gasteiger partial charge in [-0.15, -0.1) is 5.10 Å². The number of fused-ring (bicyclic) bond motifs is 1. The predicted octanol–water partition coefficient (Wildman–Crippen LogP) is 4.14. The second-order valence-electron chi connectivity index (χ2n) is 7.20. The molecule has 29 heavy (non-hydrogen) atoms. The number of para-hydroxylation sites is 2. The van der Waals surface area contributed by atoms with Crippen LogP contribution >= 0.6 is 0 Å². The maximum atomic E-state index is 6.53. The Morgan fingerprint density at radius 2 is 1.76 bits per heavy atom. The van der Waals surface area contributed by atoms with Gasteiger partial charge in [0.2, 0.25) is 5.95 Å². The second kappa shape index (κ2) is 7.79. The molecule has 0 radical (unpaired) electrons. The number of anilines is 2. The highest BCUT2D eigenvalue weighted by Gasteiger charge is 2.21. The first kappa shape index (κ1) is 18.7. The molecule has 2 aromatic carbocycles. The monoisotopic (exact) mass is 388 g/mol. The van der Waals surface area contributed by atoms with E-state index in [4.69, 9.17) is 15.5 Å². The largest absolute Gasteiger partial charge is 0.496 e. The van der Waals surface area contributed by atoms with Crippen LogP contribution in [0, 0.1) is 5.92 Å². The molecule has 0 saturated heterocycles. The van der Waals surface area contributed by atoms with Crippen LogP contribution < -0.4 is 15.8 Å². The van der Waals surface area contributed by atoms with Gasteiger partial charge in [-0.1, -0.05) is 44.2 Å². The van der Waals surface area contributed by atoms with Gasteiger partial charge in [-0.25, -0.2) is 9.67 Å². The molecule has 7 heteroatoms. The standard InChI is InChI=1S/C22H24N6O/c1-14(2)13-24-22-25-19(16-11-7-8-12-17(16)29-3)18-20(23)28(27-21(18)26-22)15-9-5-4-6-10-15/h4-12,14H,13,23H2,1-3H3,(H,24,26,27). The number of benzene rings is 2. The Morgan fingerprint density at radius 3 is 2.48 bits per heavy atom. The molecule has 0 bridgehead atoms. The Kier molecular flexibility index (Phi) is 5.03. The normalized spacial score (nSPS) is 11.2. The van der Waals surface area contributed by atoms with E-state index in [2.05, 4.69) is 29.2 Å². The van der Waals surface area contributed by atoms with Crippen molar-refractivity contribution in [3.63, 3.8) is 0 Å². The van der Waals surface area contributed by atoms with Crippen molar-refractivity contribution >= 4 is 22.8 Å². The summed E-state index contributed by atoms with van der Waals surface area (Å²) in [5.41, 5.74) is 9.47. The predicted molar refractivity (Wildman–Crippen MR) is 116 cm³/mol. The van der Waals surface area contributed by atoms with Crippen molar-refractivity contribution in [1.82, 2.24) is 19.7 Å². The van der Waals surface area contributed by atoms with Crippen molar-refractivity contribution in [2.75, 3.05) is 24.7 Å². The Labute approximate surface area is 169 Å². The summed E-state index contributed by atoms with van der Waals surface area (Å²) in [5, 5.41) is 8.67. The van der Waals surface area contributed by atoms with Gasteiger partial charge in [0.25, 0.3) is 0 Å². The quantitative estimate of drug-likeness (QED) is 0.516. The lowest BCUT2D eigenvalue weighted by atomic mass is 10.1. The van der Waals surface area contributed by atoms with Crippen molar-refractivity contribution in [1.29, 1.82) is 0 Å². The number of nitrogens with two attached hydrogens (primary N) is 1. The zero-order valence-corrected chi connectivity index (χ0v) is 16.8. The van der Waals surface area contributed by atoms with Gasteiger partial charge in [-0.3, -0.25) is 0 Å². The first-order valence-electron chi connectivity index (χ1n) is 9.57. The zero-order chi connectivity index (χ0) is 20.4. The Hall–Kier alpha value is -3.61. The molecule has 0 amide bonds. The molecule has 2 aromatic heterocycles. The lowest BCUT2D eigenvalue weighted by Crippen LogP contribution is -2.11. The fourth-order valence-electron chi connectivity index (χ4n) is 3.19. The molecule has 4 rings (SSSR count). The van der Waals surface area contributed by atoms with E-state index in [0.29, 0.717) is 40.2 Å². The summed E-state index contributed by atoms with van der Waals surface area (Å²) in [6, 6.07) is 17.5. The molecule has 4 aromatic rings. The van der Waals surface area contributed by atoms with Crippen LogP contribution in [0.15, 0.2) is 54.6 Å². The van der Waals surface area contributed by atoms with E-state index in [1.54, 1.807) is 11.8 Å². The van der Waals surface area contributed by atoms with Crippen LogP contribution in [0.1, 0.15) is 13.8 Å². The molecule has 2 heterocycles. The van der Waals surface area contributed by atoms with Gasteiger partial charge in [0.1, 0.15) is 11.6 Å². The minimum atomic E-state index is 0.455. The van der Waals surface area contributed by atoms with Crippen molar-refractivity contribution in [3.8, 4) is 22.7 Å². The van der Waals surface area contributed by atoms with E-state index >= 15 is 0 Å². The van der Waals surface area contributed by atoms with Crippen LogP contribution in [-0.2, 0) is 0 Å². The van der Waals surface area contributed by atoms with Gasteiger partial charge >= 0.3 is 0 Å². The lowest BCUT2D eigenvalue weighted by molar-refractivity contribution is 0.416. The van der Waals surface area contributed by atoms with E-state index < -0.39 is 0 Å². The van der Waals surface area contributed by atoms with Crippen LogP contribution in [-0.4, -0.2) is 33.4 Å². The smallest absolute Gasteiger partial charge is 0.225 e. The van der Waals surface area contributed by atoms with E-state index in [9.17, 15) is 0 Å². The highest BCUT2D eigenvalue weighted by Crippen LogP contribution is 2.37. The Balaban J connectivity index is 1.97. The molecular weight excluding hydrogens is 364 g/mol. The third-order valence-corrected chi connectivity index (χ3v) is 4.60. The van der Waals surface area contributed by atoms with Crippen LogP contribution in [0.4, 0.5) is 11.8 Å². The zero-order valence-electron chi connectivity index (χ0n) is 16.8. The summed E-state index contributed by atoms with van der Waals surface area (Å²) in [6.45, 7) is 5.02. The van der Waals surface area contributed by atoms with Gasteiger partial charge in [0.05, 0.1) is 23.9 Å².